The molecule has 2 amide bonds. The highest BCUT2D eigenvalue weighted by Crippen LogP contribution is 2.07. The van der Waals surface area contributed by atoms with Crippen LogP contribution in [0.4, 0.5) is 0 Å². The first-order chi connectivity index (χ1) is 7.94. The number of hydrogen-bond donors (Lipinski definition) is 2. The number of nitrogens with zero attached hydrogens (tertiary/aromatic N) is 1. The van der Waals surface area contributed by atoms with Crippen LogP contribution >= 0.6 is 0 Å². The summed E-state index contributed by atoms with van der Waals surface area (Å²) in [5, 5.41) is 5.98. The highest BCUT2D eigenvalue weighted by atomic mass is 16.2. The highest BCUT2D eigenvalue weighted by molar-refractivity contribution is 5.86. The zero-order chi connectivity index (χ0) is 12.9. The Morgan fingerprint density at radius 3 is 2.88 bits per heavy atom. The minimum absolute atomic E-state index is 0.00644. The Morgan fingerprint density at radius 1 is 1.53 bits per heavy atom. The van der Waals surface area contributed by atoms with Gasteiger partial charge in [-0.05, 0) is 33.2 Å². The van der Waals surface area contributed by atoms with E-state index in [1.165, 1.54) is 0 Å². The lowest BCUT2D eigenvalue weighted by Gasteiger charge is -2.27. The molecule has 5 nitrogen and oxygen atoms in total. The number of hydrogen-bond acceptors (Lipinski definition) is 3. The molecule has 0 aliphatic carbocycles. The second-order valence-corrected chi connectivity index (χ2v) is 5.13. The van der Waals surface area contributed by atoms with Gasteiger partial charge in [0.1, 0.15) is 0 Å². The van der Waals surface area contributed by atoms with Crippen LogP contribution in [0, 0.1) is 0 Å². The maximum atomic E-state index is 11.8. The van der Waals surface area contributed by atoms with Crippen LogP contribution in [-0.2, 0) is 9.59 Å². The van der Waals surface area contributed by atoms with Crippen molar-refractivity contribution in [2.45, 2.75) is 39.2 Å². The fourth-order valence-corrected chi connectivity index (χ4v) is 1.67. The van der Waals surface area contributed by atoms with Crippen LogP contribution in [0.25, 0.3) is 0 Å². The predicted molar refractivity (Wildman–Crippen MR) is 66.6 cm³/mol. The third-order valence-corrected chi connectivity index (χ3v) is 3.11. The molecule has 1 aliphatic rings. The monoisotopic (exact) mass is 241 g/mol. The average Bonchev–Trinajstić information content (AvgIpc) is 2.44. The van der Waals surface area contributed by atoms with Crippen LogP contribution in [0.15, 0.2) is 0 Å². The molecular weight excluding hydrogens is 218 g/mol. The molecule has 17 heavy (non-hydrogen) atoms. The minimum atomic E-state index is -0.204. The molecule has 98 valence electrons. The molecule has 1 rings (SSSR count). The molecule has 0 aromatic carbocycles. The molecule has 0 spiro atoms. The van der Waals surface area contributed by atoms with Gasteiger partial charge in [-0.2, -0.15) is 0 Å². The van der Waals surface area contributed by atoms with Gasteiger partial charge < -0.3 is 15.5 Å². The fourth-order valence-electron chi connectivity index (χ4n) is 1.67. The zero-order valence-corrected chi connectivity index (χ0v) is 11.0. The first-order valence-electron chi connectivity index (χ1n) is 6.24. The maximum Gasteiger partial charge on any atom is 0.240 e. The number of rotatable bonds is 4. The predicted octanol–water partition coefficient (Wildman–Crippen LogP) is 0.113. The summed E-state index contributed by atoms with van der Waals surface area (Å²) in [6.07, 6.45) is 1.77. The summed E-state index contributed by atoms with van der Waals surface area (Å²) in [6.45, 7) is 8.00. The Morgan fingerprint density at radius 2 is 2.24 bits per heavy atom. The molecule has 0 unspecified atom stereocenters. The molecule has 5 heteroatoms. The van der Waals surface area contributed by atoms with E-state index in [-0.39, 0.29) is 23.9 Å². The lowest BCUT2D eigenvalue weighted by atomic mass is 10.0. The third-order valence-electron chi connectivity index (χ3n) is 3.11. The van der Waals surface area contributed by atoms with Crippen molar-refractivity contribution in [3.8, 4) is 0 Å². The van der Waals surface area contributed by atoms with E-state index in [1.54, 1.807) is 4.90 Å². The lowest BCUT2D eigenvalue weighted by molar-refractivity contribution is -0.135. The largest absolute Gasteiger partial charge is 0.350 e. The van der Waals surface area contributed by atoms with Crippen LogP contribution in [0.3, 0.4) is 0 Å². The summed E-state index contributed by atoms with van der Waals surface area (Å²) in [5.74, 6) is -0.0703. The van der Waals surface area contributed by atoms with E-state index in [0.29, 0.717) is 13.1 Å². The maximum absolute atomic E-state index is 11.8. The second-order valence-electron chi connectivity index (χ2n) is 5.13. The topological polar surface area (TPSA) is 61.4 Å². The van der Waals surface area contributed by atoms with Gasteiger partial charge in [0.05, 0.1) is 13.1 Å². The van der Waals surface area contributed by atoms with Gasteiger partial charge >= 0.3 is 0 Å². The summed E-state index contributed by atoms with van der Waals surface area (Å²) in [5.41, 5.74) is -0.204. The van der Waals surface area contributed by atoms with Crippen molar-refractivity contribution in [3.63, 3.8) is 0 Å². The van der Waals surface area contributed by atoms with Crippen LogP contribution in [0.2, 0.25) is 0 Å². The Bertz CT molecular complexity index is 289. The van der Waals surface area contributed by atoms with Crippen LogP contribution in [0.5, 0.6) is 0 Å². The summed E-state index contributed by atoms with van der Waals surface area (Å²) in [6, 6.07) is 0. The number of carbonyl (C=O) groups excluding carboxylic acids is 2. The molecule has 0 atom stereocenters. The smallest absolute Gasteiger partial charge is 0.240 e. The van der Waals surface area contributed by atoms with Crippen molar-refractivity contribution in [1.29, 1.82) is 0 Å². The highest BCUT2D eigenvalue weighted by Gasteiger charge is 2.22. The third kappa shape index (κ3) is 4.73. The molecule has 0 bridgehead atoms. The first kappa shape index (κ1) is 14.0. The van der Waals surface area contributed by atoms with E-state index in [4.69, 9.17) is 0 Å². The molecule has 2 N–H and O–H groups in total. The Labute approximate surface area is 103 Å². The van der Waals surface area contributed by atoms with Gasteiger partial charge in [0.15, 0.2) is 0 Å². The molecule has 1 saturated heterocycles. The second kappa shape index (κ2) is 6.00. The van der Waals surface area contributed by atoms with Gasteiger partial charge in [-0.15, -0.1) is 0 Å². The first-order valence-corrected chi connectivity index (χ1v) is 6.24. The van der Waals surface area contributed by atoms with Crippen LogP contribution in [-0.4, -0.2) is 48.4 Å². The van der Waals surface area contributed by atoms with Gasteiger partial charge in [0, 0.05) is 12.1 Å². The summed E-state index contributed by atoms with van der Waals surface area (Å²) in [7, 11) is 0. The van der Waals surface area contributed by atoms with Gasteiger partial charge in [-0.1, -0.05) is 6.92 Å². The molecule has 0 radical (unpaired) electrons. The van der Waals surface area contributed by atoms with E-state index < -0.39 is 0 Å². The molecule has 1 fully saturated rings. The molecule has 0 aromatic rings. The van der Waals surface area contributed by atoms with E-state index in [1.807, 2.05) is 20.8 Å². The number of amides is 2. The molecule has 0 aromatic heterocycles. The Kier molecular flexibility index (Phi) is 4.93. The minimum Gasteiger partial charge on any atom is -0.350 e. The number of nitrogens with one attached hydrogen (secondary N) is 2. The van der Waals surface area contributed by atoms with Gasteiger partial charge in [0.2, 0.25) is 11.8 Å². The Balaban J connectivity index is 2.46. The van der Waals surface area contributed by atoms with E-state index in [9.17, 15) is 9.59 Å². The normalized spacial score (nSPS) is 17.8. The molecular formula is C12H23N3O2. The zero-order valence-electron chi connectivity index (χ0n) is 11.0. The van der Waals surface area contributed by atoms with Crippen molar-refractivity contribution in [1.82, 2.24) is 15.5 Å². The fraction of sp³-hybridized carbons (Fsp3) is 0.833. The quantitative estimate of drug-likeness (QED) is 0.734. The van der Waals surface area contributed by atoms with E-state index in [2.05, 4.69) is 10.6 Å². The summed E-state index contributed by atoms with van der Waals surface area (Å²) >= 11 is 0. The van der Waals surface area contributed by atoms with E-state index in [0.717, 1.165) is 19.4 Å². The van der Waals surface area contributed by atoms with Crippen LogP contribution in [0.1, 0.15) is 33.6 Å². The molecule has 0 saturated carbocycles. The number of carbonyl (C=O) groups is 2. The van der Waals surface area contributed by atoms with Crippen molar-refractivity contribution in [2.75, 3.05) is 26.2 Å². The average molecular weight is 241 g/mol. The summed E-state index contributed by atoms with van der Waals surface area (Å²) in [4.78, 5) is 25.1. The van der Waals surface area contributed by atoms with Gasteiger partial charge in [-0.25, -0.2) is 0 Å². The van der Waals surface area contributed by atoms with Crippen molar-refractivity contribution in [3.05, 3.63) is 0 Å². The van der Waals surface area contributed by atoms with Crippen molar-refractivity contribution >= 4 is 11.8 Å². The molecule has 1 aliphatic heterocycles. The SMILES string of the molecule is CCC(C)(C)NC(=O)CN1CCCNCC1=O. The summed E-state index contributed by atoms with van der Waals surface area (Å²) < 4.78 is 0. The van der Waals surface area contributed by atoms with Crippen molar-refractivity contribution < 1.29 is 9.59 Å². The van der Waals surface area contributed by atoms with Gasteiger partial charge in [-0.3, -0.25) is 9.59 Å². The lowest BCUT2D eigenvalue weighted by Crippen LogP contribution is -2.49. The Hall–Kier alpha value is -1.10. The standard InChI is InChI=1S/C12H23N3O2/c1-4-12(2,3)14-10(16)9-15-7-5-6-13-8-11(15)17/h13H,4-9H2,1-3H3,(H,14,16). The molecule has 1 heterocycles. The van der Waals surface area contributed by atoms with Gasteiger partial charge in [0.25, 0.3) is 0 Å². The van der Waals surface area contributed by atoms with E-state index >= 15 is 0 Å². The van der Waals surface area contributed by atoms with Crippen molar-refractivity contribution in [2.24, 2.45) is 0 Å². The van der Waals surface area contributed by atoms with Crippen LogP contribution < -0.4 is 10.6 Å².